The number of ether oxygens (including phenoxy) is 1. The van der Waals surface area contributed by atoms with Crippen LogP contribution >= 0.6 is 11.6 Å². The largest absolute Gasteiger partial charge is 0.487 e. The summed E-state index contributed by atoms with van der Waals surface area (Å²) in [4.78, 5) is 0. The van der Waals surface area contributed by atoms with Crippen molar-refractivity contribution in [1.29, 1.82) is 0 Å². The molecule has 0 aromatic heterocycles. The molecular formula is C9H9ClF2O2. The highest BCUT2D eigenvalue weighted by atomic mass is 35.5. The molecule has 1 rings (SSSR count). The molecule has 0 spiro atoms. The van der Waals surface area contributed by atoms with E-state index >= 15 is 0 Å². The average Bonchev–Trinajstić information content (AvgIpc) is 2.14. The van der Waals surface area contributed by atoms with Crippen molar-refractivity contribution in [3.8, 4) is 5.75 Å². The van der Waals surface area contributed by atoms with Crippen LogP contribution in [0.1, 0.15) is 5.56 Å². The van der Waals surface area contributed by atoms with E-state index in [1.807, 2.05) is 0 Å². The standard InChI is InChI=1S/C9H9ClF2O2/c10-7-2-1-3-8(6(7)4-13)14-5-9(11)12/h1-3,9,13H,4-5H2. The Morgan fingerprint density at radius 1 is 1.43 bits per heavy atom. The molecule has 0 fully saturated rings. The maximum absolute atomic E-state index is 11.8. The van der Waals surface area contributed by atoms with E-state index in [1.165, 1.54) is 6.07 Å². The van der Waals surface area contributed by atoms with Gasteiger partial charge >= 0.3 is 0 Å². The highest BCUT2D eigenvalue weighted by Crippen LogP contribution is 2.26. The fourth-order valence-corrected chi connectivity index (χ4v) is 1.21. The summed E-state index contributed by atoms with van der Waals surface area (Å²) in [7, 11) is 0. The summed E-state index contributed by atoms with van der Waals surface area (Å²) >= 11 is 5.72. The molecule has 0 aliphatic rings. The number of halogens is 3. The Morgan fingerprint density at radius 3 is 2.71 bits per heavy atom. The molecule has 0 unspecified atom stereocenters. The fraction of sp³-hybridized carbons (Fsp3) is 0.333. The maximum atomic E-state index is 11.8. The van der Waals surface area contributed by atoms with E-state index in [4.69, 9.17) is 21.4 Å². The van der Waals surface area contributed by atoms with Crippen molar-refractivity contribution in [3.63, 3.8) is 0 Å². The third-order valence-electron chi connectivity index (χ3n) is 1.60. The van der Waals surface area contributed by atoms with E-state index in [1.54, 1.807) is 12.1 Å². The van der Waals surface area contributed by atoms with Crippen molar-refractivity contribution in [2.45, 2.75) is 13.0 Å². The molecule has 1 aromatic carbocycles. The highest BCUT2D eigenvalue weighted by Gasteiger charge is 2.09. The van der Waals surface area contributed by atoms with E-state index in [9.17, 15) is 8.78 Å². The number of aliphatic hydroxyl groups is 1. The molecule has 1 aromatic rings. The minimum absolute atomic E-state index is 0.195. The predicted molar refractivity (Wildman–Crippen MR) is 48.9 cm³/mol. The number of benzene rings is 1. The Morgan fingerprint density at radius 2 is 2.14 bits per heavy atom. The number of aliphatic hydroxyl groups excluding tert-OH is 1. The van der Waals surface area contributed by atoms with Gasteiger partial charge in [0.15, 0.2) is 0 Å². The van der Waals surface area contributed by atoms with Crippen LogP contribution in [0.3, 0.4) is 0 Å². The Kier molecular flexibility index (Phi) is 4.10. The average molecular weight is 223 g/mol. The van der Waals surface area contributed by atoms with Crippen LogP contribution in [-0.4, -0.2) is 18.1 Å². The summed E-state index contributed by atoms with van der Waals surface area (Å²) in [5, 5.41) is 9.22. The van der Waals surface area contributed by atoms with Crippen molar-refractivity contribution in [3.05, 3.63) is 28.8 Å². The number of rotatable bonds is 4. The maximum Gasteiger partial charge on any atom is 0.272 e. The van der Waals surface area contributed by atoms with Crippen LogP contribution < -0.4 is 4.74 Å². The summed E-state index contributed by atoms with van der Waals surface area (Å²) in [6, 6.07) is 4.62. The van der Waals surface area contributed by atoms with Gasteiger partial charge in [-0.2, -0.15) is 0 Å². The van der Waals surface area contributed by atoms with E-state index < -0.39 is 13.0 Å². The van der Waals surface area contributed by atoms with E-state index in [0.29, 0.717) is 10.6 Å². The highest BCUT2D eigenvalue weighted by molar-refractivity contribution is 6.31. The zero-order valence-electron chi connectivity index (χ0n) is 7.21. The van der Waals surface area contributed by atoms with Crippen molar-refractivity contribution < 1.29 is 18.6 Å². The summed E-state index contributed by atoms with van der Waals surface area (Å²) in [5.74, 6) is 0.195. The molecule has 2 nitrogen and oxygen atoms in total. The summed E-state index contributed by atoms with van der Waals surface area (Å²) in [6.45, 7) is -1.04. The van der Waals surface area contributed by atoms with E-state index in [2.05, 4.69) is 0 Å². The lowest BCUT2D eigenvalue weighted by Crippen LogP contribution is -2.08. The van der Waals surface area contributed by atoms with Crippen LogP contribution in [0.4, 0.5) is 8.78 Å². The second-order valence-electron chi connectivity index (χ2n) is 2.58. The van der Waals surface area contributed by atoms with Gasteiger partial charge in [-0.05, 0) is 12.1 Å². The normalized spacial score (nSPS) is 10.6. The van der Waals surface area contributed by atoms with Gasteiger partial charge in [0.1, 0.15) is 12.4 Å². The van der Waals surface area contributed by atoms with Crippen LogP contribution in [0.2, 0.25) is 5.02 Å². The molecule has 0 radical (unpaired) electrons. The molecule has 5 heteroatoms. The van der Waals surface area contributed by atoms with Gasteiger partial charge < -0.3 is 9.84 Å². The van der Waals surface area contributed by atoms with Crippen LogP contribution in [0.5, 0.6) is 5.75 Å². The molecule has 0 saturated heterocycles. The monoisotopic (exact) mass is 222 g/mol. The second kappa shape index (κ2) is 5.12. The number of alkyl halides is 2. The van der Waals surface area contributed by atoms with Gasteiger partial charge in [0.25, 0.3) is 6.43 Å². The van der Waals surface area contributed by atoms with Crippen LogP contribution in [0.25, 0.3) is 0 Å². The lowest BCUT2D eigenvalue weighted by Gasteiger charge is -2.10. The van der Waals surface area contributed by atoms with Gasteiger partial charge in [-0.15, -0.1) is 0 Å². The van der Waals surface area contributed by atoms with Crippen molar-refractivity contribution in [1.82, 2.24) is 0 Å². The number of hydrogen-bond donors (Lipinski definition) is 1. The van der Waals surface area contributed by atoms with Gasteiger partial charge in [0.2, 0.25) is 0 Å². The summed E-state index contributed by atoms with van der Waals surface area (Å²) in [6.07, 6.45) is -2.54. The first-order chi connectivity index (χ1) is 6.65. The van der Waals surface area contributed by atoms with Crippen LogP contribution in [0, 0.1) is 0 Å². The molecule has 0 bridgehead atoms. The van der Waals surface area contributed by atoms with Gasteiger partial charge in [-0.25, -0.2) is 8.78 Å². The minimum atomic E-state index is -2.54. The minimum Gasteiger partial charge on any atom is -0.487 e. The Labute approximate surface area is 85.1 Å². The summed E-state index contributed by atoms with van der Waals surface area (Å²) in [5.41, 5.74) is 0.329. The molecule has 0 aliphatic heterocycles. The predicted octanol–water partition coefficient (Wildman–Crippen LogP) is 2.48. The van der Waals surface area contributed by atoms with Crippen molar-refractivity contribution in [2.75, 3.05) is 6.61 Å². The molecule has 0 amide bonds. The fourth-order valence-electron chi connectivity index (χ4n) is 0.980. The first-order valence-corrected chi connectivity index (χ1v) is 4.32. The molecule has 78 valence electrons. The quantitative estimate of drug-likeness (QED) is 0.848. The molecule has 0 atom stereocenters. The van der Waals surface area contributed by atoms with E-state index in [-0.39, 0.29) is 12.4 Å². The van der Waals surface area contributed by atoms with Gasteiger partial charge in [0.05, 0.1) is 6.61 Å². The zero-order chi connectivity index (χ0) is 10.6. The smallest absolute Gasteiger partial charge is 0.272 e. The zero-order valence-corrected chi connectivity index (χ0v) is 7.97. The second-order valence-corrected chi connectivity index (χ2v) is 2.98. The van der Waals surface area contributed by atoms with Crippen molar-refractivity contribution >= 4 is 11.6 Å². The van der Waals surface area contributed by atoms with Crippen LogP contribution in [0.15, 0.2) is 18.2 Å². The van der Waals surface area contributed by atoms with E-state index in [0.717, 1.165) is 0 Å². The first kappa shape index (κ1) is 11.2. The first-order valence-electron chi connectivity index (χ1n) is 3.94. The SMILES string of the molecule is OCc1c(Cl)cccc1OCC(F)F. The number of hydrogen-bond acceptors (Lipinski definition) is 2. The Hall–Kier alpha value is -0.870. The lowest BCUT2D eigenvalue weighted by molar-refractivity contribution is 0.0806. The van der Waals surface area contributed by atoms with Crippen LogP contribution in [-0.2, 0) is 6.61 Å². The molecular weight excluding hydrogens is 214 g/mol. The molecule has 0 saturated carbocycles. The van der Waals surface area contributed by atoms with Crippen molar-refractivity contribution in [2.24, 2.45) is 0 Å². The Bertz CT molecular complexity index is 305. The third kappa shape index (κ3) is 2.82. The molecule has 14 heavy (non-hydrogen) atoms. The Balaban J connectivity index is 2.80. The van der Waals surface area contributed by atoms with Gasteiger partial charge in [0, 0.05) is 10.6 Å². The third-order valence-corrected chi connectivity index (χ3v) is 1.95. The molecule has 1 N–H and O–H groups in total. The topological polar surface area (TPSA) is 29.5 Å². The molecule has 0 aliphatic carbocycles. The van der Waals surface area contributed by atoms with Gasteiger partial charge in [-0.1, -0.05) is 17.7 Å². The summed E-state index contributed by atoms with van der Waals surface area (Å²) < 4.78 is 28.4. The lowest BCUT2D eigenvalue weighted by atomic mass is 10.2. The van der Waals surface area contributed by atoms with Gasteiger partial charge in [-0.3, -0.25) is 0 Å². The molecule has 0 heterocycles.